The third kappa shape index (κ3) is 2.09. The van der Waals surface area contributed by atoms with Gasteiger partial charge in [0.15, 0.2) is 5.75 Å². The highest BCUT2D eigenvalue weighted by atomic mass is 31.1. The number of hydrogen-bond donors (Lipinski definition) is 0. The summed E-state index contributed by atoms with van der Waals surface area (Å²) in [5, 5.41) is 0. The van der Waals surface area contributed by atoms with Crippen molar-refractivity contribution in [2.24, 2.45) is 0 Å². The SMILES string of the molecule is O=C1CCC(=O)N1[P+](=O)Oc1ccccc1. The van der Waals surface area contributed by atoms with Crippen LogP contribution in [0.25, 0.3) is 0 Å². The van der Waals surface area contributed by atoms with Gasteiger partial charge in [-0.2, -0.15) is 0 Å². The van der Waals surface area contributed by atoms with Crippen molar-refractivity contribution >= 4 is 20.0 Å². The maximum absolute atomic E-state index is 11.6. The minimum Gasteiger partial charge on any atom is -0.270 e. The van der Waals surface area contributed by atoms with Crippen LogP contribution in [-0.4, -0.2) is 16.5 Å². The molecule has 1 unspecified atom stereocenters. The van der Waals surface area contributed by atoms with Gasteiger partial charge in [0.2, 0.25) is 0 Å². The lowest BCUT2D eigenvalue weighted by molar-refractivity contribution is -0.132. The number of benzene rings is 1. The summed E-state index contributed by atoms with van der Waals surface area (Å²) in [6.07, 6.45) is 0.218. The van der Waals surface area contributed by atoms with Crippen molar-refractivity contribution in [2.75, 3.05) is 0 Å². The zero-order valence-corrected chi connectivity index (χ0v) is 9.22. The van der Waals surface area contributed by atoms with Crippen LogP contribution in [0.15, 0.2) is 30.3 Å². The maximum Gasteiger partial charge on any atom is 0.707 e. The number of imide groups is 1. The van der Waals surface area contributed by atoms with Gasteiger partial charge in [-0.05, 0) is 16.8 Å². The molecule has 5 nitrogen and oxygen atoms in total. The van der Waals surface area contributed by atoms with Crippen LogP contribution < -0.4 is 4.52 Å². The van der Waals surface area contributed by atoms with Crippen LogP contribution in [0.3, 0.4) is 0 Å². The maximum atomic E-state index is 11.6. The molecule has 1 aliphatic rings. The molecule has 82 valence electrons. The quantitative estimate of drug-likeness (QED) is 0.595. The molecule has 1 aromatic carbocycles. The Bertz CT molecular complexity index is 429. The van der Waals surface area contributed by atoms with Gasteiger partial charge in [-0.3, -0.25) is 9.59 Å². The van der Waals surface area contributed by atoms with Crippen LogP contribution in [0.1, 0.15) is 12.8 Å². The Morgan fingerprint density at radius 3 is 2.19 bits per heavy atom. The van der Waals surface area contributed by atoms with Crippen molar-refractivity contribution < 1.29 is 18.7 Å². The number of amides is 2. The fraction of sp³-hybridized carbons (Fsp3) is 0.200. The zero-order chi connectivity index (χ0) is 11.5. The summed E-state index contributed by atoms with van der Waals surface area (Å²) >= 11 is 0. The van der Waals surface area contributed by atoms with Gasteiger partial charge in [0.1, 0.15) is 0 Å². The van der Waals surface area contributed by atoms with E-state index in [-0.39, 0.29) is 12.8 Å². The molecule has 1 atom stereocenters. The summed E-state index contributed by atoms with van der Waals surface area (Å²) in [6.45, 7) is 0. The Morgan fingerprint density at radius 2 is 1.62 bits per heavy atom. The summed E-state index contributed by atoms with van der Waals surface area (Å²) in [5.41, 5.74) is 0. The first-order valence-electron chi connectivity index (χ1n) is 4.74. The van der Waals surface area contributed by atoms with E-state index in [0.717, 1.165) is 0 Å². The second-order valence-corrected chi connectivity index (χ2v) is 4.30. The largest absolute Gasteiger partial charge is 0.707 e. The van der Waals surface area contributed by atoms with E-state index in [1.807, 2.05) is 0 Å². The van der Waals surface area contributed by atoms with E-state index < -0.39 is 20.0 Å². The molecule has 0 aromatic heterocycles. The van der Waals surface area contributed by atoms with Crippen molar-refractivity contribution in [3.63, 3.8) is 0 Å². The van der Waals surface area contributed by atoms with Gasteiger partial charge in [0.05, 0.1) is 0 Å². The standard InChI is InChI=1S/C10H9NO4P/c12-9-6-7-10(13)11(9)16(14)15-8-4-2-1-3-5-8/h1-5H,6-7H2/q+1. The number of carbonyl (C=O) groups is 2. The molecule has 2 rings (SSSR count). The van der Waals surface area contributed by atoms with Crippen LogP contribution in [0.4, 0.5) is 0 Å². The van der Waals surface area contributed by atoms with Gasteiger partial charge in [0.25, 0.3) is 11.8 Å². The van der Waals surface area contributed by atoms with Gasteiger partial charge >= 0.3 is 8.18 Å². The lowest BCUT2D eigenvalue weighted by atomic mass is 10.3. The van der Waals surface area contributed by atoms with E-state index in [2.05, 4.69) is 0 Å². The smallest absolute Gasteiger partial charge is 0.270 e. The van der Waals surface area contributed by atoms with E-state index in [0.29, 0.717) is 10.4 Å². The Balaban J connectivity index is 2.09. The molecular weight excluding hydrogens is 229 g/mol. The normalized spacial score (nSPS) is 16.5. The van der Waals surface area contributed by atoms with E-state index >= 15 is 0 Å². The third-order valence-electron chi connectivity index (χ3n) is 2.12. The van der Waals surface area contributed by atoms with Gasteiger partial charge in [-0.15, -0.1) is 0 Å². The lowest BCUT2D eigenvalue weighted by Gasteiger charge is -1.98. The molecule has 0 saturated carbocycles. The summed E-state index contributed by atoms with van der Waals surface area (Å²) in [4.78, 5) is 22.5. The van der Waals surface area contributed by atoms with E-state index in [1.165, 1.54) is 0 Å². The first-order chi connectivity index (χ1) is 7.68. The fourth-order valence-corrected chi connectivity index (χ4v) is 2.31. The molecule has 1 aliphatic heterocycles. The average Bonchev–Trinajstić information content (AvgIpc) is 2.60. The van der Waals surface area contributed by atoms with Crippen LogP contribution in [0.2, 0.25) is 0 Å². The molecule has 0 bridgehead atoms. The molecule has 1 fully saturated rings. The molecule has 1 heterocycles. The van der Waals surface area contributed by atoms with E-state index in [4.69, 9.17) is 4.52 Å². The van der Waals surface area contributed by atoms with Crippen molar-refractivity contribution in [3.05, 3.63) is 30.3 Å². The summed E-state index contributed by atoms with van der Waals surface area (Å²) < 4.78 is 17.4. The molecule has 1 aromatic rings. The second kappa shape index (κ2) is 4.41. The zero-order valence-electron chi connectivity index (χ0n) is 8.33. The molecule has 0 spiro atoms. The van der Waals surface area contributed by atoms with Gasteiger partial charge < -0.3 is 0 Å². The molecule has 2 amide bonds. The molecule has 6 heteroatoms. The molecule has 0 N–H and O–H groups in total. The molecular formula is C10H9NO4P+. The molecule has 1 saturated heterocycles. The van der Waals surface area contributed by atoms with Crippen molar-refractivity contribution in [1.82, 2.24) is 4.67 Å². The number of carbonyl (C=O) groups excluding carboxylic acids is 2. The molecule has 0 aliphatic carbocycles. The van der Waals surface area contributed by atoms with Gasteiger partial charge in [0, 0.05) is 17.4 Å². The van der Waals surface area contributed by atoms with E-state index in [9.17, 15) is 14.2 Å². The van der Waals surface area contributed by atoms with Crippen LogP contribution >= 0.6 is 8.18 Å². The topological polar surface area (TPSA) is 63.7 Å². The second-order valence-electron chi connectivity index (χ2n) is 3.24. The van der Waals surface area contributed by atoms with Gasteiger partial charge in [-0.1, -0.05) is 18.2 Å². The lowest BCUT2D eigenvalue weighted by Crippen LogP contribution is -2.22. The van der Waals surface area contributed by atoms with Crippen molar-refractivity contribution in [1.29, 1.82) is 0 Å². The minimum atomic E-state index is -2.45. The Hall–Kier alpha value is -1.74. The fourth-order valence-electron chi connectivity index (χ4n) is 1.36. The third-order valence-corrected chi connectivity index (χ3v) is 3.25. The minimum absolute atomic E-state index is 0.109. The number of para-hydroxylation sites is 1. The molecule has 16 heavy (non-hydrogen) atoms. The predicted molar refractivity (Wildman–Crippen MR) is 55.8 cm³/mol. The van der Waals surface area contributed by atoms with Crippen molar-refractivity contribution in [2.45, 2.75) is 12.8 Å². The number of rotatable bonds is 3. The monoisotopic (exact) mass is 238 g/mol. The highest BCUT2D eigenvalue weighted by molar-refractivity contribution is 7.38. The predicted octanol–water partition coefficient (Wildman–Crippen LogP) is 1.87. The molecule has 0 radical (unpaired) electrons. The van der Waals surface area contributed by atoms with Gasteiger partial charge in [-0.25, -0.2) is 4.52 Å². The summed E-state index contributed by atoms with van der Waals surface area (Å²) in [5.74, 6) is -0.514. The highest BCUT2D eigenvalue weighted by Crippen LogP contribution is 2.35. The first-order valence-corrected chi connectivity index (χ1v) is 5.87. The highest BCUT2D eigenvalue weighted by Gasteiger charge is 2.46. The Kier molecular flexibility index (Phi) is 2.97. The van der Waals surface area contributed by atoms with Crippen LogP contribution in [-0.2, 0) is 14.2 Å². The summed E-state index contributed by atoms with van der Waals surface area (Å²) in [6, 6.07) is 8.43. The van der Waals surface area contributed by atoms with Crippen LogP contribution in [0.5, 0.6) is 5.75 Å². The van der Waals surface area contributed by atoms with Crippen molar-refractivity contribution in [3.8, 4) is 5.75 Å². The Labute approximate surface area is 92.9 Å². The van der Waals surface area contributed by atoms with Crippen LogP contribution in [0, 0.1) is 0 Å². The number of hydrogen-bond acceptors (Lipinski definition) is 4. The Morgan fingerprint density at radius 1 is 1.06 bits per heavy atom. The first kappa shape index (κ1) is 10.8. The number of nitrogens with zero attached hydrogens (tertiary/aromatic N) is 1. The van der Waals surface area contributed by atoms with E-state index in [1.54, 1.807) is 30.3 Å². The summed E-state index contributed by atoms with van der Waals surface area (Å²) in [7, 11) is -2.45. The average molecular weight is 238 g/mol.